The van der Waals surface area contributed by atoms with Crippen LogP contribution in [-0.4, -0.2) is 52.3 Å². The first-order valence-electron chi connectivity index (χ1n) is 9.41. The van der Waals surface area contributed by atoms with Crippen molar-refractivity contribution in [2.75, 3.05) is 13.1 Å². The molecule has 1 aliphatic heterocycles. The standard InChI is InChI=1S/C20H28F3N3O2/c1-12-19(28)26(20(2,3)4)7-5-6-25(12)18(27)10-14(24)8-13-9-16(22)17(23)11-15(13)21/h9,11-12,14H,5-8,10,24H2,1-4H3/t12-,14-/m1/s1. The molecule has 1 saturated heterocycles. The molecule has 28 heavy (non-hydrogen) atoms. The van der Waals surface area contributed by atoms with Crippen molar-refractivity contribution < 1.29 is 22.8 Å². The van der Waals surface area contributed by atoms with Crippen LogP contribution in [0.1, 0.15) is 46.1 Å². The van der Waals surface area contributed by atoms with Crippen molar-refractivity contribution in [2.24, 2.45) is 5.73 Å². The highest BCUT2D eigenvalue weighted by molar-refractivity contribution is 5.88. The van der Waals surface area contributed by atoms with Crippen molar-refractivity contribution in [2.45, 2.75) is 64.6 Å². The summed E-state index contributed by atoms with van der Waals surface area (Å²) in [5.74, 6) is -3.78. The lowest BCUT2D eigenvalue weighted by Crippen LogP contribution is -2.52. The fourth-order valence-electron chi connectivity index (χ4n) is 3.48. The molecule has 2 rings (SSSR count). The number of benzene rings is 1. The molecule has 0 unspecified atom stereocenters. The van der Waals surface area contributed by atoms with E-state index in [1.807, 2.05) is 20.8 Å². The van der Waals surface area contributed by atoms with Crippen LogP contribution in [0, 0.1) is 17.5 Å². The second-order valence-corrected chi connectivity index (χ2v) is 8.30. The predicted molar refractivity (Wildman–Crippen MR) is 99.9 cm³/mol. The van der Waals surface area contributed by atoms with Crippen LogP contribution in [0.2, 0.25) is 0 Å². The van der Waals surface area contributed by atoms with Gasteiger partial charge in [-0.2, -0.15) is 0 Å². The van der Waals surface area contributed by atoms with Crippen molar-refractivity contribution >= 4 is 11.8 Å². The van der Waals surface area contributed by atoms with E-state index in [4.69, 9.17) is 5.73 Å². The van der Waals surface area contributed by atoms with Crippen LogP contribution in [0.5, 0.6) is 0 Å². The molecule has 156 valence electrons. The number of carbonyl (C=O) groups is 2. The Morgan fingerprint density at radius 1 is 1.18 bits per heavy atom. The van der Waals surface area contributed by atoms with Gasteiger partial charge in [0.2, 0.25) is 11.8 Å². The number of rotatable bonds is 4. The first kappa shape index (κ1) is 22.2. The van der Waals surface area contributed by atoms with Gasteiger partial charge in [0.15, 0.2) is 11.6 Å². The Labute approximate surface area is 163 Å². The maximum absolute atomic E-state index is 13.8. The molecule has 1 aromatic rings. The zero-order valence-electron chi connectivity index (χ0n) is 16.8. The van der Waals surface area contributed by atoms with Gasteiger partial charge in [-0.25, -0.2) is 13.2 Å². The van der Waals surface area contributed by atoms with E-state index >= 15 is 0 Å². The highest BCUT2D eigenvalue weighted by Gasteiger charge is 2.36. The Balaban J connectivity index is 2.05. The molecule has 1 aliphatic rings. The van der Waals surface area contributed by atoms with Crippen LogP contribution in [0.4, 0.5) is 13.2 Å². The van der Waals surface area contributed by atoms with Gasteiger partial charge >= 0.3 is 0 Å². The first-order chi connectivity index (χ1) is 12.9. The third-order valence-corrected chi connectivity index (χ3v) is 5.01. The van der Waals surface area contributed by atoms with Gasteiger partial charge in [-0.3, -0.25) is 9.59 Å². The van der Waals surface area contributed by atoms with E-state index in [0.29, 0.717) is 25.6 Å². The zero-order chi connectivity index (χ0) is 21.2. The molecule has 8 heteroatoms. The third-order valence-electron chi connectivity index (χ3n) is 5.01. The second-order valence-electron chi connectivity index (χ2n) is 8.30. The normalized spacial score (nSPS) is 19.6. The summed E-state index contributed by atoms with van der Waals surface area (Å²) in [6, 6.07) is -0.179. The van der Waals surface area contributed by atoms with Gasteiger partial charge in [0, 0.05) is 37.2 Å². The Kier molecular flexibility index (Phi) is 6.75. The maximum Gasteiger partial charge on any atom is 0.245 e. The molecule has 0 aromatic heterocycles. The number of hydrogen-bond donors (Lipinski definition) is 1. The summed E-state index contributed by atoms with van der Waals surface area (Å²) in [7, 11) is 0. The number of carbonyl (C=O) groups excluding carboxylic acids is 2. The van der Waals surface area contributed by atoms with Crippen molar-refractivity contribution in [3.8, 4) is 0 Å². The Bertz CT molecular complexity index is 749. The molecule has 0 spiro atoms. The zero-order valence-corrected chi connectivity index (χ0v) is 16.8. The molecule has 0 aliphatic carbocycles. The van der Waals surface area contributed by atoms with E-state index in [9.17, 15) is 22.8 Å². The summed E-state index contributed by atoms with van der Waals surface area (Å²) in [6.07, 6.45) is 0.413. The quantitative estimate of drug-likeness (QED) is 0.792. The topological polar surface area (TPSA) is 66.6 Å². The van der Waals surface area contributed by atoms with Crippen LogP contribution in [-0.2, 0) is 16.0 Å². The lowest BCUT2D eigenvalue weighted by atomic mass is 10.0. The van der Waals surface area contributed by atoms with Gasteiger partial charge in [0.05, 0.1) is 0 Å². The molecule has 2 amide bonds. The lowest BCUT2D eigenvalue weighted by molar-refractivity contribution is -0.146. The summed E-state index contributed by atoms with van der Waals surface area (Å²) in [5, 5.41) is 0. The fourth-order valence-corrected chi connectivity index (χ4v) is 3.48. The van der Waals surface area contributed by atoms with Crippen LogP contribution in [0.25, 0.3) is 0 Å². The number of nitrogens with two attached hydrogens (primary N) is 1. The molecule has 0 bridgehead atoms. The maximum atomic E-state index is 13.8. The van der Waals surface area contributed by atoms with Crippen LogP contribution in [0.3, 0.4) is 0 Å². The molecule has 1 aromatic carbocycles. The highest BCUT2D eigenvalue weighted by Crippen LogP contribution is 2.22. The molecule has 2 atom stereocenters. The number of amides is 2. The minimum Gasteiger partial charge on any atom is -0.336 e. The Morgan fingerprint density at radius 2 is 1.79 bits per heavy atom. The van der Waals surface area contributed by atoms with E-state index in [-0.39, 0.29) is 35.8 Å². The summed E-state index contributed by atoms with van der Waals surface area (Å²) in [5.41, 5.74) is 5.53. The molecule has 1 fully saturated rings. The fraction of sp³-hybridized carbons (Fsp3) is 0.600. The van der Waals surface area contributed by atoms with Gasteiger partial charge in [-0.1, -0.05) is 0 Å². The molecule has 5 nitrogen and oxygen atoms in total. The molecular weight excluding hydrogens is 371 g/mol. The van der Waals surface area contributed by atoms with Crippen LogP contribution < -0.4 is 5.73 Å². The van der Waals surface area contributed by atoms with Gasteiger partial charge in [-0.15, -0.1) is 0 Å². The lowest BCUT2D eigenvalue weighted by Gasteiger charge is -2.37. The predicted octanol–water partition coefficient (Wildman–Crippen LogP) is 2.61. The van der Waals surface area contributed by atoms with Crippen LogP contribution >= 0.6 is 0 Å². The summed E-state index contributed by atoms with van der Waals surface area (Å²) in [6.45, 7) is 8.50. The average molecular weight is 399 g/mol. The second kappa shape index (κ2) is 8.51. The number of halogens is 3. The first-order valence-corrected chi connectivity index (χ1v) is 9.41. The van der Waals surface area contributed by atoms with Gasteiger partial charge < -0.3 is 15.5 Å². The van der Waals surface area contributed by atoms with Crippen molar-refractivity contribution in [3.05, 3.63) is 35.1 Å². The van der Waals surface area contributed by atoms with Crippen molar-refractivity contribution in [1.29, 1.82) is 0 Å². The van der Waals surface area contributed by atoms with Gasteiger partial charge in [0.1, 0.15) is 11.9 Å². The molecule has 1 heterocycles. The van der Waals surface area contributed by atoms with Crippen LogP contribution in [0.15, 0.2) is 12.1 Å². The Hall–Kier alpha value is -2.09. The largest absolute Gasteiger partial charge is 0.336 e. The smallest absolute Gasteiger partial charge is 0.245 e. The van der Waals surface area contributed by atoms with Crippen molar-refractivity contribution in [3.63, 3.8) is 0 Å². The minimum atomic E-state index is -1.27. The van der Waals surface area contributed by atoms with Gasteiger partial charge in [0.25, 0.3) is 0 Å². The summed E-state index contributed by atoms with van der Waals surface area (Å²) < 4.78 is 40.2. The monoisotopic (exact) mass is 399 g/mol. The number of nitrogens with zero attached hydrogens (tertiary/aromatic N) is 2. The summed E-state index contributed by atoms with van der Waals surface area (Å²) >= 11 is 0. The molecule has 2 N–H and O–H groups in total. The average Bonchev–Trinajstić information content (AvgIpc) is 2.71. The highest BCUT2D eigenvalue weighted by atomic mass is 19.2. The molecular formula is C20H28F3N3O2. The molecule has 0 radical (unpaired) electrons. The van der Waals surface area contributed by atoms with E-state index in [1.165, 1.54) is 4.90 Å². The SMILES string of the molecule is C[C@@H]1C(=O)N(C(C)(C)C)CCCN1C(=O)C[C@H](N)Cc1cc(F)c(F)cc1F. The number of hydrogen-bond acceptors (Lipinski definition) is 3. The van der Waals surface area contributed by atoms with E-state index in [1.54, 1.807) is 11.8 Å². The van der Waals surface area contributed by atoms with E-state index in [2.05, 4.69) is 0 Å². The molecule has 0 saturated carbocycles. The minimum absolute atomic E-state index is 0.0851. The Morgan fingerprint density at radius 3 is 2.39 bits per heavy atom. The third kappa shape index (κ3) is 5.04. The summed E-state index contributed by atoms with van der Waals surface area (Å²) in [4.78, 5) is 28.7. The van der Waals surface area contributed by atoms with E-state index in [0.717, 1.165) is 6.07 Å². The van der Waals surface area contributed by atoms with Crippen molar-refractivity contribution in [1.82, 2.24) is 9.80 Å². The van der Waals surface area contributed by atoms with Gasteiger partial charge in [-0.05, 0) is 52.2 Å². The van der Waals surface area contributed by atoms with E-state index < -0.39 is 29.5 Å².